The standard InChI is InChI=1S/C11H15NO2/c1-8-3-4-10(7-9(8)2)11(14)12-5-6-13/h3-4,7,13H,5-6H2,1-2H3,(H,12,14). The van der Waals surface area contributed by atoms with Gasteiger partial charge in [-0.2, -0.15) is 0 Å². The number of benzene rings is 1. The zero-order valence-electron chi connectivity index (χ0n) is 8.50. The molecular weight excluding hydrogens is 178 g/mol. The second-order valence-corrected chi connectivity index (χ2v) is 3.28. The Kier molecular flexibility index (Phi) is 3.65. The minimum Gasteiger partial charge on any atom is -0.395 e. The van der Waals surface area contributed by atoms with E-state index >= 15 is 0 Å². The van der Waals surface area contributed by atoms with Gasteiger partial charge in [-0.25, -0.2) is 0 Å². The molecule has 1 aromatic carbocycles. The van der Waals surface area contributed by atoms with E-state index in [9.17, 15) is 4.79 Å². The molecule has 0 bridgehead atoms. The molecule has 0 fully saturated rings. The van der Waals surface area contributed by atoms with Crippen LogP contribution in [0.2, 0.25) is 0 Å². The molecule has 0 heterocycles. The number of amides is 1. The minimum atomic E-state index is -0.137. The van der Waals surface area contributed by atoms with Crippen LogP contribution in [0.4, 0.5) is 0 Å². The van der Waals surface area contributed by atoms with Gasteiger partial charge >= 0.3 is 0 Å². The van der Waals surface area contributed by atoms with Gasteiger partial charge in [0.1, 0.15) is 0 Å². The van der Waals surface area contributed by atoms with E-state index in [0.29, 0.717) is 12.1 Å². The first-order chi connectivity index (χ1) is 6.65. The molecule has 0 aromatic heterocycles. The summed E-state index contributed by atoms with van der Waals surface area (Å²) in [5.41, 5.74) is 2.91. The summed E-state index contributed by atoms with van der Waals surface area (Å²) in [6.07, 6.45) is 0. The van der Waals surface area contributed by atoms with Gasteiger partial charge < -0.3 is 10.4 Å². The lowest BCUT2D eigenvalue weighted by atomic mass is 10.1. The third-order valence-corrected chi connectivity index (χ3v) is 2.17. The van der Waals surface area contributed by atoms with E-state index in [1.807, 2.05) is 26.0 Å². The molecule has 0 aliphatic carbocycles. The number of aryl methyl sites for hydroxylation is 2. The van der Waals surface area contributed by atoms with E-state index in [-0.39, 0.29) is 12.5 Å². The van der Waals surface area contributed by atoms with E-state index in [0.717, 1.165) is 5.56 Å². The Morgan fingerprint density at radius 2 is 2.07 bits per heavy atom. The van der Waals surface area contributed by atoms with E-state index in [4.69, 9.17) is 5.11 Å². The summed E-state index contributed by atoms with van der Waals surface area (Å²) in [4.78, 5) is 11.4. The molecule has 0 unspecified atom stereocenters. The number of aliphatic hydroxyl groups is 1. The van der Waals surface area contributed by atoms with Crippen LogP contribution in [-0.4, -0.2) is 24.2 Å². The van der Waals surface area contributed by atoms with E-state index in [1.54, 1.807) is 6.07 Å². The molecule has 1 amide bonds. The largest absolute Gasteiger partial charge is 0.395 e. The van der Waals surface area contributed by atoms with Crippen molar-refractivity contribution in [1.82, 2.24) is 5.32 Å². The molecule has 0 aliphatic rings. The Labute approximate surface area is 83.8 Å². The fraction of sp³-hybridized carbons (Fsp3) is 0.364. The van der Waals surface area contributed by atoms with Gasteiger partial charge in [0.15, 0.2) is 0 Å². The van der Waals surface area contributed by atoms with Gasteiger partial charge in [-0.15, -0.1) is 0 Å². The number of carbonyl (C=O) groups is 1. The third kappa shape index (κ3) is 2.57. The quantitative estimate of drug-likeness (QED) is 0.753. The molecule has 0 saturated heterocycles. The van der Waals surface area contributed by atoms with Crippen molar-refractivity contribution in [2.24, 2.45) is 0 Å². The van der Waals surface area contributed by atoms with Gasteiger partial charge in [-0.05, 0) is 37.1 Å². The molecule has 1 rings (SSSR count). The lowest BCUT2D eigenvalue weighted by molar-refractivity contribution is 0.0944. The fourth-order valence-corrected chi connectivity index (χ4v) is 1.15. The molecule has 0 saturated carbocycles. The first-order valence-corrected chi connectivity index (χ1v) is 4.61. The summed E-state index contributed by atoms with van der Waals surface area (Å²) in [5, 5.41) is 11.2. The highest BCUT2D eigenvalue weighted by molar-refractivity contribution is 5.94. The van der Waals surface area contributed by atoms with Gasteiger partial charge in [0.25, 0.3) is 5.91 Å². The maximum absolute atomic E-state index is 11.4. The summed E-state index contributed by atoms with van der Waals surface area (Å²) in [5.74, 6) is -0.137. The van der Waals surface area contributed by atoms with Crippen molar-refractivity contribution in [3.63, 3.8) is 0 Å². The highest BCUT2D eigenvalue weighted by atomic mass is 16.3. The first-order valence-electron chi connectivity index (χ1n) is 4.61. The van der Waals surface area contributed by atoms with Crippen molar-refractivity contribution in [3.8, 4) is 0 Å². The van der Waals surface area contributed by atoms with E-state index in [2.05, 4.69) is 5.32 Å². The SMILES string of the molecule is Cc1ccc(C(=O)NCCO)cc1C. The molecule has 1 aromatic rings. The Bertz CT molecular complexity index is 334. The zero-order chi connectivity index (χ0) is 10.6. The van der Waals surface area contributed by atoms with Crippen LogP contribution in [0.1, 0.15) is 21.5 Å². The molecule has 76 valence electrons. The highest BCUT2D eigenvalue weighted by Gasteiger charge is 2.04. The summed E-state index contributed by atoms with van der Waals surface area (Å²) in [6, 6.07) is 5.56. The fourth-order valence-electron chi connectivity index (χ4n) is 1.15. The van der Waals surface area contributed by atoms with Crippen LogP contribution in [0.15, 0.2) is 18.2 Å². The molecule has 0 aliphatic heterocycles. The van der Waals surface area contributed by atoms with Crippen LogP contribution in [-0.2, 0) is 0 Å². The predicted molar refractivity (Wildman–Crippen MR) is 55.3 cm³/mol. The monoisotopic (exact) mass is 193 g/mol. The highest BCUT2D eigenvalue weighted by Crippen LogP contribution is 2.09. The second kappa shape index (κ2) is 4.77. The van der Waals surface area contributed by atoms with Crippen LogP contribution in [0.5, 0.6) is 0 Å². The summed E-state index contributed by atoms with van der Waals surface area (Å²) in [6.45, 7) is 4.24. The number of hydrogen-bond acceptors (Lipinski definition) is 2. The number of carbonyl (C=O) groups excluding carboxylic acids is 1. The average molecular weight is 193 g/mol. The van der Waals surface area contributed by atoms with Gasteiger partial charge in [0.2, 0.25) is 0 Å². The van der Waals surface area contributed by atoms with Crippen molar-refractivity contribution < 1.29 is 9.90 Å². The van der Waals surface area contributed by atoms with Gasteiger partial charge in [0.05, 0.1) is 6.61 Å². The third-order valence-electron chi connectivity index (χ3n) is 2.17. The van der Waals surface area contributed by atoms with Crippen molar-refractivity contribution in [1.29, 1.82) is 0 Å². The molecule has 0 spiro atoms. The molecule has 3 heteroatoms. The van der Waals surface area contributed by atoms with Gasteiger partial charge in [-0.3, -0.25) is 4.79 Å². The lowest BCUT2D eigenvalue weighted by Crippen LogP contribution is -2.26. The normalized spacial score (nSPS) is 9.93. The maximum atomic E-state index is 11.4. The molecular formula is C11H15NO2. The minimum absolute atomic E-state index is 0.0312. The summed E-state index contributed by atoms with van der Waals surface area (Å²) >= 11 is 0. The summed E-state index contributed by atoms with van der Waals surface area (Å²) < 4.78 is 0. The number of nitrogens with one attached hydrogen (secondary N) is 1. The number of rotatable bonds is 3. The van der Waals surface area contributed by atoms with Crippen LogP contribution in [0, 0.1) is 13.8 Å². The smallest absolute Gasteiger partial charge is 0.251 e. The molecule has 2 N–H and O–H groups in total. The Morgan fingerprint density at radius 1 is 1.36 bits per heavy atom. The molecule has 14 heavy (non-hydrogen) atoms. The Balaban J connectivity index is 2.76. The Hall–Kier alpha value is -1.35. The molecule has 0 atom stereocenters. The van der Waals surface area contributed by atoms with Crippen molar-refractivity contribution >= 4 is 5.91 Å². The van der Waals surface area contributed by atoms with Crippen LogP contribution < -0.4 is 5.32 Å². The molecule has 3 nitrogen and oxygen atoms in total. The maximum Gasteiger partial charge on any atom is 0.251 e. The topological polar surface area (TPSA) is 49.3 Å². The van der Waals surface area contributed by atoms with Gasteiger partial charge in [-0.1, -0.05) is 6.07 Å². The van der Waals surface area contributed by atoms with E-state index < -0.39 is 0 Å². The van der Waals surface area contributed by atoms with Crippen LogP contribution in [0.25, 0.3) is 0 Å². The lowest BCUT2D eigenvalue weighted by Gasteiger charge is -2.05. The predicted octanol–water partition coefficient (Wildman–Crippen LogP) is 1.03. The zero-order valence-corrected chi connectivity index (χ0v) is 8.50. The summed E-state index contributed by atoms with van der Waals surface area (Å²) in [7, 11) is 0. The molecule has 0 radical (unpaired) electrons. The Morgan fingerprint density at radius 3 is 2.64 bits per heavy atom. The van der Waals surface area contributed by atoms with Crippen LogP contribution in [0.3, 0.4) is 0 Å². The van der Waals surface area contributed by atoms with Crippen molar-refractivity contribution in [3.05, 3.63) is 34.9 Å². The van der Waals surface area contributed by atoms with Crippen molar-refractivity contribution in [2.45, 2.75) is 13.8 Å². The average Bonchev–Trinajstić information content (AvgIpc) is 2.18. The second-order valence-electron chi connectivity index (χ2n) is 3.28. The van der Waals surface area contributed by atoms with Crippen LogP contribution >= 0.6 is 0 Å². The van der Waals surface area contributed by atoms with E-state index in [1.165, 1.54) is 5.56 Å². The first kappa shape index (κ1) is 10.7. The number of hydrogen-bond donors (Lipinski definition) is 2. The number of aliphatic hydroxyl groups excluding tert-OH is 1. The van der Waals surface area contributed by atoms with Gasteiger partial charge in [0, 0.05) is 12.1 Å². The van der Waals surface area contributed by atoms with Crippen molar-refractivity contribution in [2.75, 3.05) is 13.2 Å².